The van der Waals surface area contributed by atoms with Crippen LogP contribution in [0.1, 0.15) is 37.9 Å². The Bertz CT molecular complexity index is 593. The summed E-state index contributed by atoms with van der Waals surface area (Å²) in [7, 11) is 0. The summed E-state index contributed by atoms with van der Waals surface area (Å²) in [5.41, 5.74) is 2.47. The van der Waals surface area contributed by atoms with Gasteiger partial charge in [-0.1, -0.05) is 0 Å². The van der Waals surface area contributed by atoms with Crippen LogP contribution in [0.15, 0.2) is 6.33 Å². The molecule has 0 aromatic carbocycles. The molecule has 2 aromatic heterocycles. The summed E-state index contributed by atoms with van der Waals surface area (Å²) < 4.78 is 7.37. The molecule has 0 unspecified atom stereocenters. The fourth-order valence-corrected chi connectivity index (χ4v) is 2.60. The van der Waals surface area contributed by atoms with E-state index in [4.69, 9.17) is 4.74 Å². The molecule has 108 valence electrons. The van der Waals surface area contributed by atoms with E-state index in [1.54, 1.807) is 6.33 Å². The normalized spacial score (nSPS) is 14.2. The predicted molar refractivity (Wildman–Crippen MR) is 77.0 cm³/mol. The van der Waals surface area contributed by atoms with Gasteiger partial charge in [-0.05, 0) is 39.5 Å². The first-order chi connectivity index (χ1) is 9.75. The van der Waals surface area contributed by atoms with Gasteiger partial charge in [-0.3, -0.25) is 0 Å². The Kier molecular flexibility index (Phi) is 3.82. The zero-order chi connectivity index (χ0) is 13.9. The summed E-state index contributed by atoms with van der Waals surface area (Å²) in [6.45, 7) is 5.76. The van der Waals surface area contributed by atoms with E-state index >= 15 is 0 Å². The molecule has 1 aliphatic carbocycles. The van der Waals surface area contributed by atoms with Crippen molar-refractivity contribution in [3.63, 3.8) is 0 Å². The summed E-state index contributed by atoms with van der Waals surface area (Å²) in [5, 5.41) is 7.76. The van der Waals surface area contributed by atoms with E-state index in [0.29, 0.717) is 11.9 Å². The van der Waals surface area contributed by atoms with Gasteiger partial charge in [-0.15, -0.1) is 0 Å². The lowest BCUT2D eigenvalue weighted by molar-refractivity contribution is 0.0787. The van der Waals surface area contributed by atoms with Crippen molar-refractivity contribution in [3.8, 4) is 0 Å². The highest BCUT2D eigenvalue weighted by molar-refractivity contribution is 5.54. The Labute approximate surface area is 118 Å². The van der Waals surface area contributed by atoms with Crippen molar-refractivity contribution >= 4 is 11.6 Å². The van der Waals surface area contributed by atoms with E-state index in [1.165, 1.54) is 17.7 Å². The zero-order valence-electron chi connectivity index (χ0n) is 12.1. The largest absolute Gasteiger partial charge is 0.379 e. The lowest BCUT2D eigenvalue weighted by atomic mass is 10.2. The third-order valence-corrected chi connectivity index (χ3v) is 3.52. The average molecular weight is 275 g/mol. The molecular weight excluding hydrogens is 254 g/mol. The maximum Gasteiger partial charge on any atom is 0.254 e. The van der Waals surface area contributed by atoms with E-state index in [9.17, 15) is 0 Å². The second-order valence-electron chi connectivity index (χ2n) is 5.41. The Balaban J connectivity index is 1.72. The summed E-state index contributed by atoms with van der Waals surface area (Å²) >= 11 is 0. The molecule has 0 amide bonds. The van der Waals surface area contributed by atoms with Crippen LogP contribution in [0.2, 0.25) is 0 Å². The number of aryl methyl sites for hydroxylation is 1. The Morgan fingerprint density at radius 2 is 2.30 bits per heavy atom. The molecule has 6 nitrogen and oxygen atoms in total. The van der Waals surface area contributed by atoms with Crippen molar-refractivity contribution in [2.45, 2.75) is 45.6 Å². The van der Waals surface area contributed by atoms with Crippen LogP contribution in [0.25, 0.3) is 5.78 Å². The molecule has 1 N–H and O–H groups in total. The van der Waals surface area contributed by atoms with Gasteiger partial charge in [0.05, 0.1) is 11.8 Å². The molecule has 0 atom stereocenters. The molecule has 3 rings (SSSR count). The summed E-state index contributed by atoms with van der Waals surface area (Å²) in [6, 6.07) is 0. The van der Waals surface area contributed by atoms with Crippen LogP contribution in [0.3, 0.4) is 0 Å². The number of rotatable bonds is 6. The van der Waals surface area contributed by atoms with Crippen LogP contribution >= 0.6 is 0 Å². The predicted octanol–water partition coefficient (Wildman–Crippen LogP) is 1.84. The second-order valence-corrected chi connectivity index (χ2v) is 5.41. The van der Waals surface area contributed by atoms with Gasteiger partial charge in [0.1, 0.15) is 12.1 Å². The Morgan fingerprint density at radius 3 is 3.15 bits per heavy atom. The standard InChI is InChI=1S/C14H21N5O/c1-10(2)20-8-4-7-15-13-11-5-3-6-12(11)18-14-16-9-17-19(13)14/h9-10,15H,3-8H2,1-2H3. The number of aromatic nitrogens is 4. The Morgan fingerprint density at radius 1 is 1.40 bits per heavy atom. The van der Waals surface area contributed by atoms with Crippen LogP contribution in [-0.4, -0.2) is 38.8 Å². The number of hydrogen-bond donors (Lipinski definition) is 1. The summed E-state index contributed by atoms with van der Waals surface area (Å²) in [6.07, 6.45) is 6.12. The molecule has 0 fully saturated rings. The summed E-state index contributed by atoms with van der Waals surface area (Å²) in [4.78, 5) is 8.77. The topological polar surface area (TPSA) is 64.3 Å². The molecule has 2 heterocycles. The van der Waals surface area contributed by atoms with Crippen LogP contribution < -0.4 is 5.32 Å². The van der Waals surface area contributed by atoms with Gasteiger partial charge < -0.3 is 10.1 Å². The first kappa shape index (κ1) is 13.3. The van der Waals surface area contributed by atoms with E-state index in [-0.39, 0.29) is 0 Å². The van der Waals surface area contributed by atoms with E-state index < -0.39 is 0 Å². The fourth-order valence-electron chi connectivity index (χ4n) is 2.60. The molecule has 2 aromatic rings. The Hall–Kier alpha value is -1.69. The first-order valence-corrected chi connectivity index (χ1v) is 7.32. The van der Waals surface area contributed by atoms with Gasteiger partial charge in [0.25, 0.3) is 5.78 Å². The molecular formula is C14H21N5O. The average Bonchev–Trinajstić information content (AvgIpc) is 3.04. The van der Waals surface area contributed by atoms with Crippen molar-refractivity contribution in [1.82, 2.24) is 19.6 Å². The number of fused-ring (bicyclic) bond motifs is 2. The van der Waals surface area contributed by atoms with Gasteiger partial charge in [-0.25, -0.2) is 4.98 Å². The van der Waals surface area contributed by atoms with E-state index in [0.717, 1.165) is 38.2 Å². The minimum absolute atomic E-state index is 0.294. The lowest BCUT2D eigenvalue weighted by Gasteiger charge is -2.13. The number of hydrogen-bond acceptors (Lipinski definition) is 5. The van der Waals surface area contributed by atoms with Crippen LogP contribution in [-0.2, 0) is 17.6 Å². The lowest BCUT2D eigenvalue weighted by Crippen LogP contribution is -2.14. The van der Waals surface area contributed by atoms with Crippen molar-refractivity contribution in [2.24, 2.45) is 0 Å². The smallest absolute Gasteiger partial charge is 0.254 e. The van der Waals surface area contributed by atoms with Gasteiger partial charge in [0.15, 0.2) is 0 Å². The molecule has 0 spiro atoms. The SMILES string of the molecule is CC(C)OCCCNc1c2c(nc3ncnn13)CCC2. The van der Waals surface area contributed by atoms with Crippen molar-refractivity contribution in [2.75, 3.05) is 18.5 Å². The van der Waals surface area contributed by atoms with Crippen LogP contribution in [0.4, 0.5) is 5.82 Å². The van der Waals surface area contributed by atoms with Crippen LogP contribution in [0.5, 0.6) is 0 Å². The monoisotopic (exact) mass is 275 g/mol. The molecule has 0 saturated heterocycles. The molecule has 0 radical (unpaired) electrons. The van der Waals surface area contributed by atoms with Gasteiger partial charge in [0.2, 0.25) is 0 Å². The number of nitrogens with zero attached hydrogens (tertiary/aromatic N) is 4. The first-order valence-electron chi connectivity index (χ1n) is 7.32. The quantitative estimate of drug-likeness (QED) is 0.815. The second kappa shape index (κ2) is 5.75. The van der Waals surface area contributed by atoms with Crippen molar-refractivity contribution < 1.29 is 4.74 Å². The molecule has 0 saturated carbocycles. The molecule has 0 aliphatic heterocycles. The molecule has 1 aliphatic rings. The van der Waals surface area contributed by atoms with Crippen LogP contribution in [0, 0.1) is 0 Å². The zero-order valence-corrected chi connectivity index (χ0v) is 12.1. The third-order valence-electron chi connectivity index (χ3n) is 3.52. The van der Waals surface area contributed by atoms with Crippen molar-refractivity contribution in [1.29, 1.82) is 0 Å². The summed E-state index contributed by atoms with van der Waals surface area (Å²) in [5.74, 6) is 1.75. The van der Waals surface area contributed by atoms with Crippen molar-refractivity contribution in [3.05, 3.63) is 17.6 Å². The highest BCUT2D eigenvalue weighted by atomic mass is 16.5. The fraction of sp³-hybridized carbons (Fsp3) is 0.643. The third kappa shape index (κ3) is 2.60. The number of anilines is 1. The maximum absolute atomic E-state index is 5.56. The maximum atomic E-state index is 5.56. The molecule has 20 heavy (non-hydrogen) atoms. The minimum Gasteiger partial charge on any atom is -0.379 e. The number of nitrogens with one attached hydrogen (secondary N) is 1. The molecule has 6 heteroatoms. The highest BCUT2D eigenvalue weighted by Gasteiger charge is 2.20. The minimum atomic E-state index is 0.294. The van der Waals surface area contributed by atoms with E-state index in [1.807, 2.05) is 4.52 Å². The van der Waals surface area contributed by atoms with E-state index in [2.05, 4.69) is 34.2 Å². The number of ether oxygens (including phenoxy) is 1. The van der Waals surface area contributed by atoms with Gasteiger partial charge in [-0.2, -0.15) is 14.6 Å². The highest BCUT2D eigenvalue weighted by Crippen LogP contribution is 2.27. The van der Waals surface area contributed by atoms with Gasteiger partial charge in [0, 0.05) is 18.7 Å². The van der Waals surface area contributed by atoms with Gasteiger partial charge >= 0.3 is 0 Å². The molecule has 0 bridgehead atoms.